The minimum atomic E-state index is -0.255. The van der Waals surface area contributed by atoms with E-state index in [-0.39, 0.29) is 5.60 Å². The Morgan fingerprint density at radius 3 is 3.15 bits per heavy atom. The van der Waals surface area contributed by atoms with E-state index in [0.717, 1.165) is 25.3 Å². The molecule has 1 aromatic heterocycles. The van der Waals surface area contributed by atoms with E-state index in [9.17, 15) is 0 Å². The lowest BCUT2D eigenvalue weighted by atomic mass is 10.0. The van der Waals surface area contributed by atoms with Gasteiger partial charge in [0.05, 0.1) is 0 Å². The Hall–Kier alpha value is -0.740. The SMILES string of the molecule is CC1(c2nccc(=S)[nH]2)CCCO1. The molecular weight excluding hydrogens is 184 g/mol. The average Bonchev–Trinajstić information content (AvgIpc) is 2.54. The fraction of sp³-hybridized carbons (Fsp3) is 0.556. The number of nitrogens with zero attached hydrogens (tertiary/aromatic N) is 1. The first-order valence-electron chi connectivity index (χ1n) is 4.40. The van der Waals surface area contributed by atoms with Crippen LogP contribution in [0.4, 0.5) is 0 Å². The summed E-state index contributed by atoms with van der Waals surface area (Å²) in [5.41, 5.74) is -0.255. The Balaban J connectivity index is 2.39. The van der Waals surface area contributed by atoms with E-state index in [2.05, 4.69) is 9.97 Å². The zero-order valence-corrected chi connectivity index (χ0v) is 8.36. The number of ether oxygens (including phenoxy) is 1. The molecule has 0 radical (unpaired) electrons. The molecule has 0 aromatic carbocycles. The topological polar surface area (TPSA) is 37.9 Å². The quantitative estimate of drug-likeness (QED) is 0.699. The summed E-state index contributed by atoms with van der Waals surface area (Å²) in [4.78, 5) is 7.31. The van der Waals surface area contributed by atoms with Crippen molar-refractivity contribution in [3.63, 3.8) is 0 Å². The van der Waals surface area contributed by atoms with E-state index in [1.807, 2.05) is 6.92 Å². The van der Waals surface area contributed by atoms with Gasteiger partial charge in [0.2, 0.25) is 0 Å². The summed E-state index contributed by atoms with van der Waals surface area (Å²) in [5, 5.41) is 0. The molecule has 1 aliphatic rings. The molecule has 3 nitrogen and oxygen atoms in total. The van der Waals surface area contributed by atoms with E-state index < -0.39 is 0 Å². The molecular formula is C9H12N2OS. The van der Waals surface area contributed by atoms with Crippen molar-refractivity contribution in [1.29, 1.82) is 0 Å². The van der Waals surface area contributed by atoms with Crippen molar-refractivity contribution in [3.05, 3.63) is 22.7 Å². The van der Waals surface area contributed by atoms with Crippen molar-refractivity contribution in [2.24, 2.45) is 0 Å². The largest absolute Gasteiger partial charge is 0.367 e. The van der Waals surface area contributed by atoms with Gasteiger partial charge in [-0.15, -0.1) is 0 Å². The van der Waals surface area contributed by atoms with Crippen LogP contribution in [0.5, 0.6) is 0 Å². The highest BCUT2D eigenvalue weighted by molar-refractivity contribution is 7.71. The molecule has 1 atom stereocenters. The van der Waals surface area contributed by atoms with Crippen molar-refractivity contribution in [3.8, 4) is 0 Å². The molecule has 0 amide bonds. The van der Waals surface area contributed by atoms with Crippen molar-refractivity contribution < 1.29 is 4.74 Å². The van der Waals surface area contributed by atoms with Gasteiger partial charge in [-0.05, 0) is 25.8 Å². The van der Waals surface area contributed by atoms with Crippen LogP contribution in [0.25, 0.3) is 0 Å². The van der Waals surface area contributed by atoms with E-state index >= 15 is 0 Å². The minimum absolute atomic E-state index is 0.255. The number of rotatable bonds is 1. The lowest BCUT2D eigenvalue weighted by molar-refractivity contribution is 0.00923. The smallest absolute Gasteiger partial charge is 0.139 e. The zero-order valence-electron chi connectivity index (χ0n) is 7.54. The maximum Gasteiger partial charge on any atom is 0.139 e. The maximum atomic E-state index is 5.64. The second-order valence-corrected chi connectivity index (χ2v) is 3.91. The van der Waals surface area contributed by atoms with Gasteiger partial charge in [-0.2, -0.15) is 0 Å². The molecule has 2 rings (SSSR count). The molecule has 0 aliphatic carbocycles. The molecule has 1 N–H and O–H groups in total. The van der Waals surface area contributed by atoms with Gasteiger partial charge < -0.3 is 9.72 Å². The summed E-state index contributed by atoms with van der Waals surface area (Å²) in [5.74, 6) is 0.845. The van der Waals surface area contributed by atoms with E-state index in [1.165, 1.54) is 0 Å². The predicted molar refractivity (Wildman–Crippen MR) is 52.0 cm³/mol. The summed E-state index contributed by atoms with van der Waals surface area (Å²) in [6.07, 6.45) is 3.82. The Kier molecular flexibility index (Phi) is 2.17. The Morgan fingerprint density at radius 1 is 1.69 bits per heavy atom. The molecule has 1 fully saturated rings. The molecule has 2 heterocycles. The van der Waals surface area contributed by atoms with Crippen molar-refractivity contribution in [2.45, 2.75) is 25.4 Å². The van der Waals surface area contributed by atoms with Gasteiger partial charge in [0.15, 0.2) is 0 Å². The number of aromatic amines is 1. The van der Waals surface area contributed by atoms with Crippen molar-refractivity contribution >= 4 is 12.2 Å². The highest BCUT2D eigenvalue weighted by Gasteiger charge is 2.33. The molecule has 70 valence electrons. The molecule has 0 bridgehead atoms. The van der Waals surface area contributed by atoms with E-state index in [1.54, 1.807) is 12.3 Å². The maximum absolute atomic E-state index is 5.64. The van der Waals surface area contributed by atoms with Crippen molar-refractivity contribution in [1.82, 2.24) is 9.97 Å². The average molecular weight is 196 g/mol. The fourth-order valence-corrected chi connectivity index (χ4v) is 1.76. The van der Waals surface area contributed by atoms with Crippen LogP contribution in [0, 0.1) is 4.64 Å². The van der Waals surface area contributed by atoms with E-state index in [0.29, 0.717) is 4.64 Å². The first-order valence-corrected chi connectivity index (χ1v) is 4.81. The van der Waals surface area contributed by atoms with Crippen LogP contribution in [0.2, 0.25) is 0 Å². The van der Waals surface area contributed by atoms with Gasteiger partial charge in [0.25, 0.3) is 0 Å². The van der Waals surface area contributed by atoms with E-state index in [4.69, 9.17) is 17.0 Å². The molecule has 1 aromatic rings. The summed E-state index contributed by atoms with van der Waals surface area (Å²) < 4.78 is 6.35. The Morgan fingerprint density at radius 2 is 2.54 bits per heavy atom. The normalized spacial score (nSPS) is 27.8. The fourth-order valence-electron chi connectivity index (χ4n) is 1.60. The van der Waals surface area contributed by atoms with Crippen LogP contribution < -0.4 is 0 Å². The standard InChI is InChI=1S/C9H12N2OS/c1-9(4-2-6-12-9)8-10-5-3-7(13)11-8/h3,5H,2,4,6H2,1H3,(H,10,11,13). The van der Waals surface area contributed by atoms with Gasteiger partial charge in [-0.25, -0.2) is 4.98 Å². The molecule has 1 unspecified atom stereocenters. The molecule has 13 heavy (non-hydrogen) atoms. The number of hydrogen-bond acceptors (Lipinski definition) is 3. The number of nitrogens with one attached hydrogen (secondary N) is 1. The molecule has 1 aliphatic heterocycles. The highest BCUT2D eigenvalue weighted by atomic mass is 32.1. The van der Waals surface area contributed by atoms with Crippen LogP contribution in [-0.2, 0) is 10.3 Å². The second-order valence-electron chi connectivity index (χ2n) is 3.47. The Bertz CT molecular complexity index is 355. The third-order valence-corrected chi connectivity index (χ3v) is 2.63. The van der Waals surface area contributed by atoms with Gasteiger partial charge in [0, 0.05) is 12.8 Å². The monoisotopic (exact) mass is 196 g/mol. The van der Waals surface area contributed by atoms with Crippen LogP contribution in [0.3, 0.4) is 0 Å². The highest BCUT2D eigenvalue weighted by Crippen LogP contribution is 2.32. The lowest BCUT2D eigenvalue weighted by Crippen LogP contribution is -2.23. The molecule has 0 spiro atoms. The molecule has 4 heteroatoms. The molecule has 0 saturated carbocycles. The van der Waals surface area contributed by atoms with Crippen LogP contribution >= 0.6 is 12.2 Å². The van der Waals surface area contributed by atoms with Crippen LogP contribution in [-0.4, -0.2) is 16.6 Å². The number of H-pyrrole nitrogens is 1. The first-order chi connectivity index (χ1) is 6.21. The Labute approximate surface area is 82.2 Å². The zero-order chi connectivity index (χ0) is 9.31. The van der Waals surface area contributed by atoms with Crippen LogP contribution in [0.1, 0.15) is 25.6 Å². The van der Waals surface area contributed by atoms with Crippen molar-refractivity contribution in [2.75, 3.05) is 6.61 Å². The van der Waals surface area contributed by atoms with Gasteiger partial charge in [0.1, 0.15) is 16.1 Å². The summed E-state index contributed by atoms with van der Waals surface area (Å²) in [6, 6.07) is 1.77. The number of aromatic nitrogens is 2. The van der Waals surface area contributed by atoms with Crippen LogP contribution in [0.15, 0.2) is 12.3 Å². The summed E-state index contributed by atoms with van der Waals surface area (Å²) in [7, 11) is 0. The lowest BCUT2D eigenvalue weighted by Gasteiger charge is -2.21. The molecule has 1 saturated heterocycles. The van der Waals surface area contributed by atoms with Gasteiger partial charge >= 0.3 is 0 Å². The third kappa shape index (κ3) is 1.64. The number of hydrogen-bond donors (Lipinski definition) is 1. The van der Waals surface area contributed by atoms with Gasteiger partial charge in [-0.3, -0.25) is 0 Å². The van der Waals surface area contributed by atoms with Gasteiger partial charge in [-0.1, -0.05) is 12.2 Å². The summed E-state index contributed by atoms with van der Waals surface area (Å²) in [6.45, 7) is 2.86. The third-order valence-electron chi connectivity index (χ3n) is 2.39. The predicted octanol–water partition coefficient (Wildman–Crippen LogP) is 2.16. The second kappa shape index (κ2) is 3.20. The minimum Gasteiger partial charge on any atom is -0.367 e. The summed E-state index contributed by atoms with van der Waals surface area (Å²) >= 11 is 5.03. The first kappa shape index (κ1) is 8.84.